The van der Waals surface area contributed by atoms with Gasteiger partial charge >= 0.3 is 5.97 Å². The van der Waals surface area contributed by atoms with Crippen LogP contribution in [0.5, 0.6) is 11.5 Å². The van der Waals surface area contributed by atoms with Crippen LogP contribution < -0.4 is 20.5 Å². The third-order valence-electron chi connectivity index (χ3n) is 4.30. The standard InChI is InChI=1S/C21H18N2O5/c22-17-10-14-4-2-1-3-13(14)9-16(17)21(25)28-12-20(24)23-15-5-6-18-19(11-15)27-8-7-26-18/h1-6,9-11H,7-8,12,22H2,(H,23,24). The minimum absolute atomic E-state index is 0.228. The van der Waals surface area contributed by atoms with E-state index in [0.29, 0.717) is 36.1 Å². The zero-order valence-corrected chi connectivity index (χ0v) is 14.9. The number of nitrogens with one attached hydrogen (secondary N) is 1. The molecular weight excluding hydrogens is 360 g/mol. The molecular formula is C21H18N2O5. The summed E-state index contributed by atoms with van der Waals surface area (Å²) in [4.78, 5) is 24.5. The Morgan fingerprint density at radius 2 is 1.68 bits per heavy atom. The van der Waals surface area contributed by atoms with Crippen molar-refractivity contribution in [1.29, 1.82) is 0 Å². The molecule has 1 heterocycles. The molecule has 0 aromatic heterocycles. The zero-order chi connectivity index (χ0) is 19.5. The number of fused-ring (bicyclic) bond motifs is 2. The Morgan fingerprint density at radius 3 is 2.46 bits per heavy atom. The van der Waals surface area contributed by atoms with Crippen molar-refractivity contribution >= 4 is 34.0 Å². The molecule has 7 heteroatoms. The third-order valence-corrected chi connectivity index (χ3v) is 4.30. The van der Waals surface area contributed by atoms with Crippen LogP contribution in [0.1, 0.15) is 10.4 Å². The molecule has 142 valence electrons. The number of benzene rings is 3. The fourth-order valence-electron chi connectivity index (χ4n) is 2.96. The highest BCUT2D eigenvalue weighted by molar-refractivity contribution is 6.02. The van der Waals surface area contributed by atoms with Crippen LogP contribution in [0, 0.1) is 0 Å². The summed E-state index contributed by atoms with van der Waals surface area (Å²) in [5, 5.41) is 4.45. The van der Waals surface area contributed by atoms with E-state index in [1.165, 1.54) is 0 Å². The normalized spacial score (nSPS) is 12.4. The van der Waals surface area contributed by atoms with Gasteiger partial charge in [0.1, 0.15) is 13.2 Å². The number of anilines is 2. The maximum absolute atomic E-state index is 12.3. The monoisotopic (exact) mass is 378 g/mol. The molecule has 3 N–H and O–H groups in total. The molecule has 0 atom stereocenters. The SMILES string of the molecule is Nc1cc2ccccc2cc1C(=O)OCC(=O)Nc1ccc2c(c1)OCCO2. The van der Waals surface area contributed by atoms with Crippen molar-refractivity contribution < 1.29 is 23.8 Å². The predicted molar refractivity (Wildman–Crippen MR) is 105 cm³/mol. The lowest BCUT2D eigenvalue weighted by molar-refractivity contribution is -0.119. The Kier molecular flexibility index (Phi) is 4.72. The van der Waals surface area contributed by atoms with Crippen LogP contribution in [0.4, 0.5) is 11.4 Å². The van der Waals surface area contributed by atoms with Gasteiger partial charge in [-0.25, -0.2) is 4.79 Å². The van der Waals surface area contributed by atoms with E-state index in [4.69, 9.17) is 19.9 Å². The lowest BCUT2D eigenvalue weighted by Gasteiger charge is -2.19. The minimum atomic E-state index is -0.652. The molecule has 1 amide bonds. The number of nitrogens with two attached hydrogens (primary N) is 1. The van der Waals surface area contributed by atoms with Crippen molar-refractivity contribution in [2.45, 2.75) is 0 Å². The van der Waals surface area contributed by atoms with Gasteiger partial charge in [-0.3, -0.25) is 4.79 Å². The number of rotatable bonds is 4. The van der Waals surface area contributed by atoms with Crippen LogP contribution in [0.2, 0.25) is 0 Å². The predicted octanol–water partition coefficient (Wildman–Crippen LogP) is 2.99. The summed E-state index contributed by atoms with van der Waals surface area (Å²) in [6.07, 6.45) is 0. The van der Waals surface area contributed by atoms with Crippen molar-refractivity contribution in [2.75, 3.05) is 30.9 Å². The second-order valence-electron chi connectivity index (χ2n) is 6.27. The van der Waals surface area contributed by atoms with E-state index in [1.807, 2.05) is 24.3 Å². The topological polar surface area (TPSA) is 99.9 Å². The highest BCUT2D eigenvalue weighted by atomic mass is 16.6. The van der Waals surface area contributed by atoms with Crippen molar-refractivity contribution in [3.05, 3.63) is 60.2 Å². The van der Waals surface area contributed by atoms with Crippen LogP contribution in [0.3, 0.4) is 0 Å². The summed E-state index contributed by atoms with van der Waals surface area (Å²) in [5.74, 6) is 0.0670. The Morgan fingerprint density at radius 1 is 0.964 bits per heavy atom. The first kappa shape index (κ1) is 17.7. The number of carbonyl (C=O) groups excluding carboxylic acids is 2. The van der Waals surface area contributed by atoms with Crippen LogP contribution in [-0.4, -0.2) is 31.7 Å². The molecule has 0 unspecified atom stereocenters. The fourth-order valence-corrected chi connectivity index (χ4v) is 2.96. The highest BCUT2D eigenvalue weighted by Gasteiger charge is 2.16. The Balaban J connectivity index is 1.39. The lowest BCUT2D eigenvalue weighted by Crippen LogP contribution is -2.21. The fraction of sp³-hybridized carbons (Fsp3) is 0.143. The van der Waals surface area contributed by atoms with Gasteiger partial charge in [0.05, 0.1) is 5.56 Å². The second kappa shape index (κ2) is 7.48. The molecule has 28 heavy (non-hydrogen) atoms. The lowest BCUT2D eigenvalue weighted by atomic mass is 10.1. The van der Waals surface area contributed by atoms with E-state index < -0.39 is 18.5 Å². The Bertz CT molecular complexity index is 1060. The van der Waals surface area contributed by atoms with Gasteiger partial charge in [-0.2, -0.15) is 0 Å². The molecule has 0 aliphatic carbocycles. The Hall–Kier alpha value is -3.74. The average Bonchev–Trinajstić information content (AvgIpc) is 2.71. The van der Waals surface area contributed by atoms with Gasteiger partial charge in [-0.15, -0.1) is 0 Å². The minimum Gasteiger partial charge on any atom is -0.486 e. The molecule has 0 spiro atoms. The van der Waals surface area contributed by atoms with Gasteiger partial charge in [0.25, 0.3) is 5.91 Å². The van der Waals surface area contributed by atoms with E-state index in [-0.39, 0.29) is 5.56 Å². The van der Waals surface area contributed by atoms with Gasteiger partial charge in [-0.05, 0) is 35.0 Å². The molecule has 7 nitrogen and oxygen atoms in total. The zero-order valence-electron chi connectivity index (χ0n) is 14.9. The Labute approximate surface area is 161 Å². The summed E-state index contributed by atoms with van der Waals surface area (Å²) in [5.41, 5.74) is 7.01. The van der Waals surface area contributed by atoms with Gasteiger partial charge in [-0.1, -0.05) is 24.3 Å². The van der Waals surface area contributed by atoms with Gasteiger partial charge in [0.15, 0.2) is 18.1 Å². The molecule has 1 aliphatic rings. The molecule has 0 saturated heterocycles. The number of ether oxygens (including phenoxy) is 3. The summed E-state index contributed by atoms with van der Waals surface area (Å²) in [7, 11) is 0. The largest absolute Gasteiger partial charge is 0.486 e. The average molecular weight is 378 g/mol. The number of nitrogen functional groups attached to an aromatic ring is 1. The van der Waals surface area contributed by atoms with Crippen molar-refractivity contribution in [3.63, 3.8) is 0 Å². The number of esters is 1. The first-order chi connectivity index (χ1) is 13.6. The summed E-state index contributed by atoms with van der Waals surface area (Å²) in [6, 6.07) is 16.0. The van der Waals surface area contributed by atoms with Crippen molar-refractivity contribution in [3.8, 4) is 11.5 Å². The molecule has 4 rings (SSSR count). The van der Waals surface area contributed by atoms with E-state index in [1.54, 1.807) is 30.3 Å². The molecule has 0 fully saturated rings. The van der Waals surface area contributed by atoms with E-state index in [9.17, 15) is 9.59 Å². The van der Waals surface area contributed by atoms with E-state index in [2.05, 4.69) is 5.32 Å². The van der Waals surface area contributed by atoms with Crippen LogP contribution in [0.25, 0.3) is 10.8 Å². The first-order valence-corrected chi connectivity index (χ1v) is 8.75. The van der Waals surface area contributed by atoms with Crippen LogP contribution in [0.15, 0.2) is 54.6 Å². The third kappa shape index (κ3) is 3.68. The molecule has 0 radical (unpaired) electrons. The number of amides is 1. The second-order valence-corrected chi connectivity index (χ2v) is 6.27. The van der Waals surface area contributed by atoms with Gasteiger partial charge in [0, 0.05) is 17.4 Å². The van der Waals surface area contributed by atoms with Gasteiger partial charge in [0.2, 0.25) is 0 Å². The van der Waals surface area contributed by atoms with Crippen molar-refractivity contribution in [2.24, 2.45) is 0 Å². The first-order valence-electron chi connectivity index (χ1n) is 8.75. The summed E-state index contributed by atoms with van der Waals surface area (Å²) >= 11 is 0. The number of hydrogen-bond acceptors (Lipinski definition) is 6. The summed E-state index contributed by atoms with van der Waals surface area (Å²) < 4.78 is 16.0. The van der Waals surface area contributed by atoms with Crippen LogP contribution >= 0.6 is 0 Å². The smallest absolute Gasteiger partial charge is 0.340 e. The van der Waals surface area contributed by atoms with E-state index >= 15 is 0 Å². The van der Waals surface area contributed by atoms with Gasteiger partial charge < -0.3 is 25.3 Å². The quantitative estimate of drug-likeness (QED) is 0.535. The molecule has 0 saturated carbocycles. The molecule has 3 aromatic carbocycles. The van der Waals surface area contributed by atoms with Crippen LogP contribution in [-0.2, 0) is 9.53 Å². The maximum Gasteiger partial charge on any atom is 0.340 e. The number of carbonyl (C=O) groups is 2. The van der Waals surface area contributed by atoms with Crippen molar-refractivity contribution in [1.82, 2.24) is 0 Å². The maximum atomic E-state index is 12.3. The molecule has 0 bridgehead atoms. The van der Waals surface area contributed by atoms with E-state index in [0.717, 1.165) is 10.8 Å². The molecule has 3 aromatic rings. The molecule has 1 aliphatic heterocycles. The number of hydrogen-bond donors (Lipinski definition) is 2. The summed E-state index contributed by atoms with van der Waals surface area (Å²) in [6.45, 7) is 0.515. The highest BCUT2D eigenvalue weighted by Crippen LogP contribution is 2.32.